The van der Waals surface area contributed by atoms with E-state index in [-0.39, 0.29) is 23.6 Å². The van der Waals surface area contributed by atoms with Crippen molar-refractivity contribution in [2.45, 2.75) is 6.92 Å². The van der Waals surface area contributed by atoms with E-state index in [2.05, 4.69) is 20.2 Å². The van der Waals surface area contributed by atoms with Crippen molar-refractivity contribution in [3.63, 3.8) is 0 Å². The number of halogens is 1. The van der Waals surface area contributed by atoms with Crippen molar-refractivity contribution in [1.29, 1.82) is 0 Å². The summed E-state index contributed by atoms with van der Waals surface area (Å²) in [6.45, 7) is 1.78. The van der Waals surface area contributed by atoms with Crippen LogP contribution in [0.25, 0.3) is 5.65 Å². The van der Waals surface area contributed by atoms with E-state index in [9.17, 15) is 14.0 Å². The summed E-state index contributed by atoms with van der Waals surface area (Å²) in [5.41, 5.74) is 0.580. The number of aromatic nitrogens is 6. The van der Waals surface area contributed by atoms with Gasteiger partial charge in [0.2, 0.25) is 5.95 Å². The molecule has 10 nitrogen and oxygen atoms in total. The number of carbonyl (C=O) groups excluding carboxylic acids is 2. The predicted molar refractivity (Wildman–Crippen MR) is 103 cm³/mol. The van der Waals surface area contributed by atoms with Crippen molar-refractivity contribution in [2.24, 2.45) is 7.05 Å². The lowest BCUT2D eigenvalue weighted by Gasteiger charge is -2.23. The van der Waals surface area contributed by atoms with E-state index in [1.165, 1.54) is 47.1 Å². The van der Waals surface area contributed by atoms with Gasteiger partial charge in [0.05, 0.1) is 18.5 Å². The molecule has 0 aliphatic rings. The average Bonchev–Trinajstić information content (AvgIpc) is 3.35. The Morgan fingerprint density at radius 2 is 2.07 bits per heavy atom. The molecule has 4 heterocycles. The molecule has 0 unspecified atom stereocenters. The van der Waals surface area contributed by atoms with Gasteiger partial charge in [-0.05, 0) is 25.1 Å². The Bertz CT molecular complexity index is 1250. The molecule has 1 amide bonds. The zero-order chi connectivity index (χ0) is 21.3. The lowest BCUT2D eigenvalue weighted by molar-refractivity contribution is 0.0523. The molecular weight excluding hydrogens is 393 g/mol. The van der Waals surface area contributed by atoms with Crippen molar-refractivity contribution < 1.29 is 18.7 Å². The molecule has 30 heavy (non-hydrogen) atoms. The van der Waals surface area contributed by atoms with Gasteiger partial charge in [0.1, 0.15) is 23.3 Å². The van der Waals surface area contributed by atoms with Crippen LogP contribution in [0.15, 0.2) is 49.2 Å². The zero-order valence-corrected chi connectivity index (χ0v) is 16.1. The fraction of sp³-hybridized carbons (Fsp3) is 0.158. The van der Waals surface area contributed by atoms with Gasteiger partial charge in [-0.3, -0.25) is 14.4 Å². The molecule has 0 N–H and O–H groups in total. The second-order valence-corrected chi connectivity index (χ2v) is 6.15. The molecule has 0 aliphatic heterocycles. The van der Waals surface area contributed by atoms with E-state index in [1.807, 2.05) is 0 Å². The highest BCUT2D eigenvalue weighted by molar-refractivity contribution is 6.14. The summed E-state index contributed by atoms with van der Waals surface area (Å²) in [6.07, 6.45) is 5.46. The predicted octanol–water partition coefficient (Wildman–Crippen LogP) is 2.15. The molecule has 11 heteroatoms. The van der Waals surface area contributed by atoms with Gasteiger partial charge in [-0.15, -0.1) is 0 Å². The first-order valence-electron chi connectivity index (χ1n) is 8.94. The number of anilines is 2. The van der Waals surface area contributed by atoms with Crippen LogP contribution in [-0.4, -0.2) is 47.8 Å². The Labute approximate surface area is 169 Å². The highest BCUT2D eigenvalue weighted by Crippen LogP contribution is 2.30. The van der Waals surface area contributed by atoms with Crippen LogP contribution < -0.4 is 4.90 Å². The van der Waals surface area contributed by atoms with Gasteiger partial charge in [0.15, 0.2) is 5.65 Å². The van der Waals surface area contributed by atoms with Gasteiger partial charge in [-0.1, -0.05) is 0 Å². The summed E-state index contributed by atoms with van der Waals surface area (Å²) in [5.74, 6) is -2.24. The van der Waals surface area contributed by atoms with Gasteiger partial charge in [0, 0.05) is 25.5 Å². The summed E-state index contributed by atoms with van der Waals surface area (Å²) in [5, 5.41) is 8.02. The van der Waals surface area contributed by atoms with Crippen molar-refractivity contribution in [3.8, 4) is 0 Å². The number of esters is 1. The largest absolute Gasteiger partial charge is 0.462 e. The van der Waals surface area contributed by atoms with Gasteiger partial charge < -0.3 is 4.74 Å². The highest BCUT2D eigenvalue weighted by Gasteiger charge is 2.30. The topological polar surface area (TPSA) is 108 Å². The summed E-state index contributed by atoms with van der Waals surface area (Å²) < 4.78 is 22.4. The zero-order valence-electron chi connectivity index (χ0n) is 16.1. The maximum absolute atomic E-state index is 14.6. The Morgan fingerprint density at radius 3 is 2.83 bits per heavy atom. The Balaban J connectivity index is 1.89. The van der Waals surface area contributed by atoms with Gasteiger partial charge in [-0.2, -0.15) is 14.6 Å². The van der Waals surface area contributed by atoms with Crippen LogP contribution in [0.2, 0.25) is 0 Å². The number of amides is 1. The number of pyridine rings is 2. The van der Waals surface area contributed by atoms with E-state index >= 15 is 0 Å². The van der Waals surface area contributed by atoms with Crippen molar-refractivity contribution >= 4 is 28.9 Å². The van der Waals surface area contributed by atoms with E-state index in [1.54, 1.807) is 25.3 Å². The van der Waals surface area contributed by atoms with Gasteiger partial charge in [0.25, 0.3) is 5.91 Å². The van der Waals surface area contributed by atoms with E-state index in [0.29, 0.717) is 11.3 Å². The molecule has 0 radical (unpaired) electrons. The number of hydrogen-bond donors (Lipinski definition) is 0. The molecule has 4 rings (SSSR count). The Kier molecular flexibility index (Phi) is 4.92. The van der Waals surface area contributed by atoms with Crippen LogP contribution >= 0.6 is 0 Å². The Hall–Kier alpha value is -4.15. The molecule has 0 atom stereocenters. The molecule has 152 valence electrons. The monoisotopic (exact) mass is 409 g/mol. The quantitative estimate of drug-likeness (QED) is 0.367. The minimum Gasteiger partial charge on any atom is -0.462 e. The molecule has 4 aromatic heterocycles. The number of fused-ring (bicyclic) bond motifs is 1. The maximum Gasteiger partial charge on any atom is 0.342 e. The Morgan fingerprint density at radius 1 is 1.23 bits per heavy atom. The fourth-order valence-corrected chi connectivity index (χ4v) is 3.01. The number of hydrogen-bond acceptors (Lipinski definition) is 7. The third kappa shape index (κ3) is 3.26. The maximum atomic E-state index is 14.6. The van der Waals surface area contributed by atoms with Crippen LogP contribution in [0.5, 0.6) is 0 Å². The molecule has 0 aliphatic carbocycles. The smallest absolute Gasteiger partial charge is 0.342 e. The summed E-state index contributed by atoms with van der Waals surface area (Å²) in [7, 11) is 1.51. The third-order valence-electron chi connectivity index (χ3n) is 4.34. The highest BCUT2D eigenvalue weighted by atomic mass is 19.1. The normalized spacial score (nSPS) is 10.9. The molecule has 0 fully saturated rings. The minimum atomic E-state index is -0.855. The van der Waals surface area contributed by atoms with E-state index < -0.39 is 17.8 Å². The lowest BCUT2D eigenvalue weighted by atomic mass is 10.2. The number of ether oxygens (including phenoxy) is 1. The second kappa shape index (κ2) is 7.70. The van der Waals surface area contributed by atoms with Crippen molar-refractivity contribution in [2.75, 3.05) is 11.5 Å². The van der Waals surface area contributed by atoms with Crippen LogP contribution in [0.1, 0.15) is 27.8 Å². The molecule has 4 aromatic rings. The number of nitrogens with zero attached hydrogens (tertiary/aromatic N) is 7. The molecule has 0 saturated carbocycles. The molecule has 0 spiro atoms. The number of aryl methyl sites for hydroxylation is 1. The molecular formula is C19H16FN7O3. The van der Waals surface area contributed by atoms with Crippen LogP contribution in [0, 0.1) is 5.95 Å². The van der Waals surface area contributed by atoms with Gasteiger partial charge in [-0.25, -0.2) is 19.3 Å². The average molecular weight is 409 g/mol. The minimum absolute atomic E-state index is 0.0257. The summed E-state index contributed by atoms with van der Waals surface area (Å²) >= 11 is 0. The standard InChI is InChI=1S/C19H16FN7O3/c1-3-30-19(29)13-10-23-25(2)16(13)18(28)27(14-5-4-7-21-17(14)20)12-6-8-26-15(9-12)22-11-24-26/h4-11H,3H2,1-2H3. The van der Waals surface area contributed by atoms with Crippen molar-refractivity contribution in [1.82, 2.24) is 29.4 Å². The van der Waals surface area contributed by atoms with Crippen molar-refractivity contribution in [3.05, 3.63) is 66.4 Å². The number of rotatable bonds is 5. The SMILES string of the molecule is CCOC(=O)c1cnn(C)c1C(=O)N(c1ccn2ncnc2c1)c1cccnc1F. The molecule has 0 bridgehead atoms. The van der Waals surface area contributed by atoms with Crippen LogP contribution in [0.3, 0.4) is 0 Å². The first kappa shape index (κ1) is 19.2. The van der Waals surface area contributed by atoms with E-state index in [0.717, 1.165) is 4.90 Å². The number of carbonyl (C=O) groups is 2. The van der Waals surface area contributed by atoms with Crippen LogP contribution in [0.4, 0.5) is 15.8 Å². The lowest BCUT2D eigenvalue weighted by Crippen LogP contribution is -2.30. The summed E-state index contributed by atoms with van der Waals surface area (Å²) in [4.78, 5) is 34.8. The molecule has 0 saturated heterocycles. The van der Waals surface area contributed by atoms with E-state index in [4.69, 9.17) is 4.74 Å². The first-order chi connectivity index (χ1) is 14.5. The second-order valence-electron chi connectivity index (χ2n) is 6.15. The summed E-state index contributed by atoms with van der Waals surface area (Å²) in [6, 6.07) is 6.06. The van der Waals surface area contributed by atoms with Crippen LogP contribution in [-0.2, 0) is 11.8 Å². The van der Waals surface area contributed by atoms with Gasteiger partial charge >= 0.3 is 5.97 Å². The fourth-order valence-electron chi connectivity index (χ4n) is 3.01. The third-order valence-corrected chi connectivity index (χ3v) is 4.34. The first-order valence-corrected chi connectivity index (χ1v) is 8.94. The molecule has 0 aromatic carbocycles.